The second-order valence-electron chi connectivity index (χ2n) is 11.9. The molecule has 0 heterocycles. The highest BCUT2D eigenvalue weighted by molar-refractivity contribution is 5.76. The summed E-state index contributed by atoms with van der Waals surface area (Å²) >= 11 is 0. The average Bonchev–Trinajstić information content (AvgIpc) is 2.89. The highest BCUT2D eigenvalue weighted by Gasteiger charge is 2.28. The fourth-order valence-corrected chi connectivity index (χ4v) is 2.92. The van der Waals surface area contributed by atoms with Crippen LogP contribution < -0.4 is 15.2 Å². The standard InChI is InChI=1S/C31H49NO11/c1-12-31(10,11)43-30(36)40-22(9)21(8)37-27(33)24(32)15-23-13-14-25(41-28(34)38-19(6)17(2)3)26(16-23)42-29(35)39-20(7)18(4)5/h13-14,16-22,24H,12,15,32H2,1-11H3/t19?,20?,21-,22-,24-/m0/s1. The molecule has 1 rings (SSSR count). The molecule has 0 aliphatic carbocycles. The molecule has 0 amide bonds. The van der Waals surface area contributed by atoms with Crippen LogP contribution in [0.3, 0.4) is 0 Å². The molecular weight excluding hydrogens is 562 g/mol. The maximum absolute atomic E-state index is 12.7. The number of hydrogen-bond donors (Lipinski definition) is 1. The third-order valence-electron chi connectivity index (χ3n) is 7.05. The quantitative estimate of drug-likeness (QED) is 0.142. The molecule has 0 fully saturated rings. The zero-order valence-corrected chi connectivity index (χ0v) is 27.3. The van der Waals surface area contributed by atoms with Gasteiger partial charge in [0.2, 0.25) is 0 Å². The van der Waals surface area contributed by atoms with Gasteiger partial charge in [0.15, 0.2) is 11.5 Å². The van der Waals surface area contributed by atoms with E-state index in [-0.39, 0.29) is 29.8 Å². The number of benzene rings is 1. The smallest absolute Gasteiger partial charge is 0.458 e. The van der Waals surface area contributed by atoms with Crippen LogP contribution in [0, 0.1) is 11.8 Å². The zero-order valence-electron chi connectivity index (χ0n) is 27.3. The summed E-state index contributed by atoms with van der Waals surface area (Å²) in [6.07, 6.45) is -4.74. The normalized spacial score (nSPS) is 15.0. The lowest BCUT2D eigenvalue weighted by Gasteiger charge is -2.26. The Bertz CT molecular complexity index is 1090. The first kappa shape index (κ1) is 37.5. The molecule has 0 aliphatic rings. The van der Waals surface area contributed by atoms with Gasteiger partial charge in [0, 0.05) is 0 Å². The van der Waals surface area contributed by atoms with E-state index in [1.165, 1.54) is 12.1 Å². The van der Waals surface area contributed by atoms with E-state index in [1.807, 2.05) is 34.6 Å². The van der Waals surface area contributed by atoms with Gasteiger partial charge in [-0.25, -0.2) is 14.4 Å². The maximum Gasteiger partial charge on any atom is 0.514 e. The number of hydrogen-bond acceptors (Lipinski definition) is 12. The molecule has 12 heteroatoms. The van der Waals surface area contributed by atoms with E-state index in [0.29, 0.717) is 12.0 Å². The van der Waals surface area contributed by atoms with Crippen LogP contribution in [0.1, 0.15) is 88.1 Å². The van der Waals surface area contributed by atoms with Crippen LogP contribution in [0.25, 0.3) is 0 Å². The molecule has 0 bridgehead atoms. The molecule has 0 radical (unpaired) electrons. The largest absolute Gasteiger partial charge is 0.514 e. The SMILES string of the molecule is CCC(C)(C)OC(=O)O[C@@H](C)[C@H](C)OC(=O)[C@@H](N)Cc1ccc(OC(=O)OC(C)C(C)C)c(OC(=O)OC(C)C(C)C)c1. The van der Waals surface area contributed by atoms with Crippen LogP contribution in [0.15, 0.2) is 18.2 Å². The van der Waals surface area contributed by atoms with Crippen molar-refractivity contribution in [2.45, 2.75) is 125 Å². The van der Waals surface area contributed by atoms with Crippen molar-refractivity contribution in [3.8, 4) is 11.5 Å². The van der Waals surface area contributed by atoms with Gasteiger partial charge in [-0.05, 0) is 83.9 Å². The number of nitrogens with two attached hydrogens (primary N) is 1. The van der Waals surface area contributed by atoms with Gasteiger partial charge in [-0.15, -0.1) is 0 Å². The Morgan fingerprint density at radius 1 is 0.698 bits per heavy atom. The van der Waals surface area contributed by atoms with Crippen molar-refractivity contribution in [3.05, 3.63) is 23.8 Å². The summed E-state index contributed by atoms with van der Waals surface area (Å²) in [5, 5.41) is 0. The predicted octanol–water partition coefficient (Wildman–Crippen LogP) is 6.34. The topological polar surface area (TPSA) is 159 Å². The van der Waals surface area contributed by atoms with Gasteiger partial charge >= 0.3 is 24.4 Å². The van der Waals surface area contributed by atoms with Crippen molar-refractivity contribution in [1.29, 1.82) is 0 Å². The third-order valence-corrected chi connectivity index (χ3v) is 7.05. The summed E-state index contributed by atoms with van der Waals surface area (Å²) in [6.45, 7) is 19.5. The molecule has 0 aromatic heterocycles. The van der Waals surface area contributed by atoms with Crippen LogP contribution in [0.5, 0.6) is 11.5 Å². The van der Waals surface area contributed by atoms with E-state index < -0.39 is 60.5 Å². The molecule has 12 nitrogen and oxygen atoms in total. The van der Waals surface area contributed by atoms with Gasteiger partial charge in [-0.2, -0.15) is 0 Å². The molecule has 43 heavy (non-hydrogen) atoms. The molecule has 2 unspecified atom stereocenters. The van der Waals surface area contributed by atoms with Gasteiger partial charge in [0.25, 0.3) is 0 Å². The first-order valence-electron chi connectivity index (χ1n) is 14.6. The molecule has 5 atom stereocenters. The zero-order chi connectivity index (χ0) is 33.1. The number of rotatable bonds is 14. The Kier molecular flexibility index (Phi) is 14.8. The highest BCUT2D eigenvalue weighted by Crippen LogP contribution is 2.30. The molecule has 0 aliphatic heterocycles. The molecule has 1 aromatic rings. The predicted molar refractivity (Wildman–Crippen MR) is 158 cm³/mol. The number of esters is 1. The van der Waals surface area contributed by atoms with Crippen molar-refractivity contribution in [3.63, 3.8) is 0 Å². The van der Waals surface area contributed by atoms with Crippen molar-refractivity contribution >= 4 is 24.4 Å². The minimum Gasteiger partial charge on any atom is -0.458 e. The van der Waals surface area contributed by atoms with E-state index in [4.69, 9.17) is 38.9 Å². The fraction of sp³-hybridized carbons (Fsp3) is 0.677. The summed E-state index contributed by atoms with van der Waals surface area (Å²) in [4.78, 5) is 49.6. The molecule has 0 saturated carbocycles. The van der Waals surface area contributed by atoms with Crippen molar-refractivity contribution in [2.24, 2.45) is 17.6 Å². The van der Waals surface area contributed by atoms with E-state index in [1.54, 1.807) is 47.6 Å². The Labute approximate surface area is 254 Å². The Balaban J connectivity index is 2.99. The average molecular weight is 612 g/mol. The molecule has 244 valence electrons. The molecule has 2 N–H and O–H groups in total. The molecular formula is C31H49NO11. The van der Waals surface area contributed by atoms with Crippen LogP contribution in [-0.4, -0.2) is 60.5 Å². The number of ether oxygens (including phenoxy) is 7. The van der Waals surface area contributed by atoms with Gasteiger partial charge < -0.3 is 38.9 Å². The molecule has 0 saturated heterocycles. The summed E-state index contributed by atoms with van der Waals surface area (Å²) in [5.41, 5.74) is 5.89. The Hall–Kier alpha value is -3.54. The summed E-state index contributed by atoms with van der Waals surface area (Å²) in [5.74, 6) is -0.872. The Morgan fingerprint density at radius 2 is 1.16 bits per heavy atom. The number of carbonyl (C=O) groups excluding carboxylic acids is 4. The van der Waals surface area contributed by atoms with Gasteiger partial charge in [-0.1, -0.05) is 40.7 Å². The minimum atomic E-state index is -1.12. The van der Waals surface area contributed by atoms with E-state index in [9.17, 15) is 19.2 Å². The summed E-state index contributed by atoms with van der Waals surface area (Å²) in [6, 6.07) is 3.23. The second-order valence-corrected chi connectivity index (χ2v) is 11.9. The van der Waals surface area contributed by atoms with Gasteiger partial charge in [0.1, 0.15) is 36.1 Å². The lowest BCUT2D eigenvalue weighted by atomic mass is 10.1. The monoisotopic (exact) mass is 611 g/mol. The van der Waals surface area contributed by atoms with E-state index >= 15 is 0 Å². The summed E-state index contributed by atoms with van der Waals surface area (Å²) < 4.78 is 37.1. The number of carbonyl (C=O) groups is 4. The third kappa shape index (κ3) is 13.5. The van der Waals surface area contributed by atoms with Crippen LogP contribution in [0.2, 0.25) is 0 Å². The van der Waals surface area contributed by atoms with E-state index in [2.05, 4.69) is 0 Å². The maximum atomic E-state index is 12.7. The minimum absolute atomic E-state index is 0.0174. The van der Waals surface area contributed by atoms with Crippen molar-refractivity contribution in [1.82, 2.24) is 0 Å². The van der Waals surface area contributed by atoms with Crippen LogP contribution in [-0.2, 0) is 34.9 Å². The summed E-state index contributed by atoms with van der Waals surface area (Å²) in [7, 11) is 0. The van der Waals surface area contributed by atoms with Crippen molar-refractivity contribution in [2.75, 3.05) is 0 Å². The highest BCUT2D eigenvalue weighted by atomic mass is 16.8. The molecule has 1 aromatic carbocycles. The lowest BCUT2D eigenvalue weighted by Crippen LogP contribution is -2.40. The molecule has 0 spiro atoms. The Morgan fingerprint density at radius 3 is 1.65 bits per heavy atom. The van der Waals surface area contributed by atoms with E-state index in [0.717, 1.165) is 0 Å². The second kappa shape index (κ2) is 16.9. The van der Waals surface area contributed by atoms with Crippen LogP contribution >= 0.6 is 0 Å². The lowest BCUT2D eigenvalue weighted by molar-refractivity contribution is -0.156. The van der Waals surface area contributed by atoms with Crippen LogP contribution in [0.4, 0.5) is 14.4 Å². The first-order valence-corrected chi connectivity index (χ1v) is 14.6. The first-order chi connectivity index (χ1) is 19.8. The van der Waals surface area contributed by atoms with Gasteiger partial charge in [-0.3, -0.25) is 4.79 Å². The fourth-order valence-electron chi connectivity index (χ4n) is 2.92. The van der Waals surface area contributed by atoms with Crippen molar-refractivity contribution < 1.29 is 52.3 Å². The van der Waals surface area contributed by atoms with Gasteiger partial charge in [0.05, 0.1) is 0 Å².